The largest absolute Gasteiger partial charge is 0.320 e. The molecule has 6 nitrogen and oxygen atoms in total. The van der Waals surface area contributed by atoms with Gasteiger partial charge in [-0.2, -0.15) is 4.98 Å². The number of hydrogen-bond acceptors (Lipinski definition) is 5. The summed E-state index contributed by atoms with van der Waals surface area (Å²) in [6.07, 6.45) is 0.195. The van der Waals surface area contributed by atoms with Gasteiger partial charge in [-0.15, -0.1) is 10.2 Å². The Morgan fingerprint density at radius 1 is 1.23 bits per heavy atom. The molecule has 10 heteroatoms. The monoisotopic (exact) mass is 422 g/mol. The van der Waals surface area contributed by atoms with E-state index >= 15 is 0 Å². The van der Waals surface area contributed by atoms with Gasteiger partial charge in [-0.25, -0.2) is 18.2 Å². The van der Waals surface area contributed by atoms with Gasteiger partial charge in [0.05, 0.1) is 17.4 Å². The molecule has 3 aromatic heterocycles. The summed E-state index contributed by atoms with van der Waals surface area (Å²) < 4.78 is 43.2. The second-order valence-corrected chi connectivity index (χ2v) is 6.22. The molecule has 0 saturated heterocycles. The van der Waals surface area contributed by atoms with E-state index in [-0.39, 0.29) is 17.0 Å². The number of aromatic nitrogens is 5. The summed E-state index contributed by atoms with van der Waals surface area (Å²) in [7, 11) is 0. The van der Waals surface area contributed by atoms with Crippen molar-refractivity contribution < 1.29 is 13.2 Å². The Hall–Kier alpha value is -2.75. The molecule has 0 aliphatic rings. The number of benzene rings is 1. The first-order chi connectivity index (χ1) is 12.5. The molecular formula is C16H10BrF3N6. The molecule has 1 aromatic carbocycles. The normalized spacial score (nSPS) is 11.6. The van der Waals surface area contributed by atoms with Crippen LogP contribution >= 0.6 is 15.9 Å². The maximum absolute atomic E-state index is 14.6. The van der Waals surface area contributed by atoms with Gasteiger partial charge in [-0.3, -0.25) is 4.40 Å². The Bertz CT molecular complexity index is 1100. The molecule has 0 bridgehead atoms. The van der Waals surface area contributed by atoms with Crippen LogP contribution in [0, 0.1) is 5.82 Å². The minimum Gasteiger partial charge on any atom is -0.320 e. The summed E-state index contributed by atoms with van der Waals surface area (Å²) in [5, 5.41) is 7.75. The molecule has 132 valence electrons. The van der Waals surface area contributed by atoms with Crippen LogP contribution in [0.4, 0.5) is 24.7 Å². The first kappa shape index (κ1) is 16.7. The summed E-state index contributed by atoms with van der Waals surface area (Å²) >= 11 is 3.22. The van der Waals surface area contributed by atoms with Gasteiger partial charge in [-0.05, 0) is 40.2 Å². The quantitative estimate of drug-likeness (QED) is 0.465. The zero-order valence-corrected chi connectivity index (χ0v) is 14.6. The fourth-order valence-corrected chi connectivity index (χ4v) is 3.12. The molecule has 4 rings (SSSR count). The molecule has 26 heavy (non-hydrogen) atoms. The van der Waals surface area contributed by atoms with E-state index in [0.29, 0.717) is 15.8 Å². The second kappa shape index (κ2) is 6.52. The summed E-state index contributed by atoms with van der Waals surface area (Å²) in [4.78, 5) is 9.54. The Balaban J connectivity index is 2.04. The van der Waals surface area contributed by atoms with E-state index < -0.39 is 18.8 Å². The lowest BCUT2D eigenvalue weighted by atomic mass is 10.2. The maximum atomic E-state index is 14.6. The van der Waals surface area contributed by atoms with E-state index in [0.717, 1.165) is 0 Å². The molecule has 0 aliphatic carbocycles. The van der Waals surface area contributed by atoms with Crippen LogP contribution in [0.1, 0.15) is 0 Å². The van der Waals surface area contributed by atoms with Gasteiger partial charge in [-0.1, -0.05) is 6.07 Å². The molecule has 0 atom stereocenters. The number of hydrogen-bond donors (Lipinski definition) is 0. The van der Waals surface area contributed by atoms with Crippen molar-refractivity contribution in [3.8, 4) is 0 Å². The first-order valence-electron chi connectivity index (χ1n) is 7.50. The lowest BCUT2D eigenvalue weighted by molar-refractivity contribution is 0.158. The summed E-state index contributed by atoms with van der Waals surface area (Å²) in [6, 6.07) is 7.55. The third-order valence-corrected chi connectivity index (χ3v) is 4.24. The summed E-state index contributed by atoms with van der Waals surface area (Å²) in [5.74, 6) is -0.351. The Morgan fingerprint density at radius 3 is 2.85 bits per heavy atom. The van der Waals surface area contributed by atoms with Gasteiger partial charge >= 0.3 is 0 Å². The average molecular weight is 423 g/mol. The molecule has 0 N–H and O–H groups in total. The third-order valence-electron chi connectivity index (χ3n) is 3.81. The fourth-order valence-electron chi connectivity index (χ4n) is 2.77. The summed E-state index contributed by atoms with van der Waals surface area (Å²) in [6.45, 7) is -0.669. The molecule has 3 heterocycles. The molecule has 0 radical (unpaired) electrons. The molecule has 0 fully saturated rings. The van der Waals surface area contributed by atoms with Crippen LogP contribution in [0.25, 0.3) is 16.7 Å². The van der Waals surface area contributed by atoms with Crippen molar-refractivity contribution in [2.75, 3.05) is 11.4 Å². The van der Waals surface area contributed by atoms with Gasteiger partial charge in [0, 0.05) is 11.9 Å². The fraction of sp³-hybridized carbons (Fsp3) is 0.125. The Morgan fingerprint density at radius 2 is 2.08 bits per heavy atom. The number of rotatable bonds is 4. The SMILES string of the molecule is Fc1cccc2c1c(N(CC(F)F)c1ccnc(Br)c1)nc1nncn12. The van der Waals surface area contributed by atoms with Crippen molar-refractivity contribution >= 4 is 44.1 Å². The highest BCUT2D eigenvalue weighted by atomic mass is 79.9. The van der Waals surface area contributed by atoms with E-state index in [1.165, 1.54) is 34.0 Å². The van der Waals surface area contributed by atoms with Crippen LogP contribution in [-0.4, -0.2) is 37.5 Å². The predicted molar refractivity (Wildman–Crippen MR) is 93.2 cm³/mol. The van der Waals surface area contributed by atoms with Crippen molar-refractivity contribution in [1.82, 2.24) is 24.6 Å². The smallest absolute Gasteiger partial charge is 0.257 e. The van der Waals surface area contributed by atoms with Gasteiger partial charge in [0.1, 0.15) is 22.6 Å². The van der Waals surface area contributed by atoms with Gasteiger partial charge in [0.15, 0.2) is 0 Å². The van der Waals surface area contributed by atoms with Crippen LogP contribution in [0.15, 0.2) is 47.5 Å². The van der Waals surface area contributed by atoms with Crippen LogP contribution in [0.5, 0.6) is 0 Å². The van der Waals surface area contributed by atoms with Gasteiger partial charge in [0.2, 0.25) is 0 Å². The highest BCUT2D eigenvalue weighted by Gasteiger charge is 2.23. The standard InChI is InChI=1S/C16H10BrF3N6/c17-12-6-9(4-5-21-12)25(7-13(19)20)15-14-10(18)2-1-3-11(14)26-8-22-24-16(26)23-15/h1-6,8,13H,7H2. The summed E-state index contributed by atoms with van der Waals surface area (Å²) in [5.41, 5.74) is 0.829. The molecule has 0 saturated carbocycles. The van der Waals surface area contributed by atoms with Crippen molar-refractivity contribution in [2.45, 2.75) is 6.43 Å². The van der Waals surface area contributed by atoms with Crippen LogP contribution < -0.4 is 4.90 Å². The number of pyridine rings is 1. The predicted octanol–water partition coefficient (Wildman–Crippen LogP) is 3.98. The van der Waals surface area contributed by atoms with Gasteiger partial charge < -0.3 is 4.90 Å². The lowest BCUT2D eigenvalue weighted by Crippen LogP contribution is -2.25. The second-order valence-electron chi connectivity index (χ2n) is 5.41. The highest BCUT2D eigenvalue weighted by molar-refractivity contribution is 9.10. The topological polar surface area (TPSA) is 59.2 Å². The number of anilines is 2. The zero-order valence-electron chi connectivity index (χ0n) is 13.0. The van der Waals surface area contributed by atoms with Crippen LogP contribution in [0.2, 0.25) is 0 Å². The first-order valence-corrected chi connectivity index (χ1v) is 8.29. The van der Waals surface area contributed by atoms with Crippen LogP contribution in [-0.2, 0) is 0 Å². The van der Waals surface area contributed by atoms with Crippen molar-refractivity contribution in [3.05, 3.63) is 53.3 Å². The van der Waals surface area contributed by atoms with Gasteiger partial charge in [0.25, 0.3) is 12.2 Å². The highest BCUT2D eigenvalue weighted by Crippen LogP contribution is 2.33. The van der Waals surface area contributed by atoms with E-state index in [4.69, 9.17) is 0 Å². The minimum absolute atomic E-state index is 0.0389. The molecular weight excluding hydrogens is 413 g/mol. The van der Waals surface area contributed by atoms with Crippen molar-refractivity contribution in [3.63, 3.8) is 0 Å². The lowest BCUT2D eigenvalue weighted by Gasteiger charge is -2.25. The average Bonchev–Trinajstić information content (AvgIpc) is 3.08. The van der Waals surface area contributed by atoms with E-state index in [1.807, 2.05) is 0 Å². The van der Waals surface area contributed by atoms with E-state index in [9.17, 15) is 13.2 Å². The number of fused-ring (bicyclic) bond motifs is 3. The molecule has 0 unspecified atom stereocenters. The van der Waals surface area contributed by atoms with E-state index in [1.54, 1.807) is 18.2 Å². The molecule has 0 amide bonds. The van der Waals surface area contributed by atoms with Crippen molar-refractivity contribution in [1.29, 1.82) is 0 Å². The van der Waals surface area contributed by atoms with Crippen LogP contribution in [0.3, 0.4) is 0 Å². The van der Waals surface area contributed by atoms with E-state index in [2.05, 4.69) is 36.1 Å². The zero-order chi connectivity index (χ0) is 18.3. The Kier molecular flexibility index (Phi) is 4.19. The molecule has 4 aromatic rings. The number of halogens is 4. The third kappa shape index (κ3) is 2.85. The minimum atomic E-state index is -2.67. The van der Waals surface area contributed by atoms with Crippen molar-refractivity contribution in [2.24, 2.45) is 0 Å². The molecule has 0 aliphatic heterocycles. The molecule has 0 spiro atoms. The Labute approximate surface area is 153 Å². The number of nitrogens with zero attached hydrogens (tertiary/aromatic N) is 6. The maximum Gasteiger partial charge on any atom is 0.257 e. The number of alkyl halides is 2.